The van der Waals surface area contributed by atoms with Crippen LogP contribution < -0.4 is 11.1 Å². The molecule has 0 spiro atoms. The van der Waals surface area contributed by atoms with Gasteiger partial charge in [0.05, 0.1) is 18.7 Å². The third-order valence-corrected chi connectivity index (χ3v) is 2.83. The first-order valence-electron chi connectivity index (χ1n) is 6.37. The van der Waals surface area contributed by atoms with Crippen LogP contribution in [0.15, 0.2) is 30.3 Å². The number of hydrogen-bond donors (Lipinski definition) is 3. The summed E-state index contributed by atoms with van der Waals surface area (Å²) in [5.74, 6) is -0.223. The maximum atomic E-state index is 11.9. The number of nitrogens with one attached hydrogen (secondary N) is 1. The van der Waals surface area contributed by atoms with Crippen molar-refractivity contribution in [1.29, 1.82) is 0 Å². The number of carbonyl (C=O) groups excluding carboxylic acids is 1. The molecule has 0 aliphatic carbocycles. The number of carbonyl (C=O) groups is 1. The number of rotatable bonds is 8. The molecule has 0 heterocycles. The minimum atomic E-state index is -0.597. The van der Waals surface area contributed by atoms with E-state index in [2.05, 4.69) is 5.32 Å². The van der Waals surface area contributed by atoms with Gasteiger partial charge in [0.25, 0.3) is 0 Å². The van der Waals surface area contributed by atoms with E-state index in [-0.39, 0.29) is 18.6 Å². The van der Waals surface area contributed by atoms with Gasteiger partial charge in [-0.15, -0.1) is 0 Å². The number of aliphatic hydroxyl groups excluding tert-OH is 1. The molecule has 0 saturated heterocycles. The Morgan fingerprint density at radius 3 is 2.68 bits per heavy atom. The number of aliphatic hydroxyl groups is 1. The predicted molar refractivity (Wildman–Crippen MR) is 73.6 cm³/mol. The molecule has 0 aliphatic heterocycles. The number of amides is 1. The number of benzene rings is 1. The van der Waals surface area contributed by atoms with Gasteiger partial charge in [0.15, 0.2) is 0 Å². The van der Waals surface area contributed by atoms with Crippen LogP contribution in [0.2, 0.25) is 0 Å². The Morgan fingerprint density at radius 2 is 2.11 bits per heavy atom. The van der Waals surface area contributed by atoms with Crippen molar-refractivity contribution < 1.29 is 14.6 Å². The molecule has 0 saturated carbocycles. The SMILES string of the molecule is COCC(CCO)NC(=O)[C@@H](N)Cc1ccccc1. The molecule has 4 N–H and O–H groups in total. The average Bonchev–Trinajstić information content (AvgIpc) is 2.40. The third kappa shape index (κ3) is 5.83. The van der Waals surface area contributed by atoms with Crippen LogP contribution in [-0.4, -0.2) is 43.4 Å². The molecule has 5 nitrogen and oxygen atoms in total. The maximum Gasteiger partial charge on any atom is 0.237 e. The molecule has 0 aliphatic rings. The number of nitrogens with two attached hydrogens (primary N) is 1. The fourth-order valence-electron chi connectivity index (χ4n) is 1.82. The minimum Gasteiger partial charge on any atom is -0.396 e. The Hall–Kier alpha value is -1.43. The van der Waals surface area contributed by atoms with Crippen molar-refractivity contribution in [3.63, 3.8) is 0 Å². The van der Waals surface area contributed by atoms with E-state index < -0.39 is 6.04 Å². The molecule has 1 aromatic carbocycles. The van der Waals surface area contributed by atoms with E-state index in [0.29, 0.717) is 19.4 Å². The second-order valence-electron chi connectivity index (χ2n) is 4.47. The van der Waals surface area contributed by atoms with E-state index in [9.17, 15) is 4.79 Å². The summed E-state index contributed by atoms with van der Waals surface area (Å²) < 4.78 is 4.99. The molecule has 0 fully saturated rings. The van der Waals surface area contributed by atoms with Crippen LogP contribution >= 0.6 is 0 Å². The van der Waals surface area contributed by atoms with Gasteiger partial charge in [-0.1, -0.05) is 30.3 Å². The van der Waals surface area contributed by atoms with Gasteiger partial charge in [0.1, 0.15) is 0 Å². The van der Waals surface area contributed by atoms with E-state index in [4.69, 9.17) is 15.6 Å². The summed E-state index contributed by atoms with van der Waals surface area (Å²) in [6.07, 6.45) is 0.948. The van der Waals surface area contributed by atoms with E-state index in [0.717, 1.165) is 5.56 Å². The van der Waals surface area contributed by atoms with Gasteiger partial charge in [-0.05, 0) is 18.4 Å². The Labute approximate surface area is 113 Å². The molecular formula is C14H22N2O3. The van der Waals surface area contributed by atoms with Crippen LogP contribution in [0.3, 0.4) is 0 Å². The predicted octanol–water partition coefficient (Wildman–Crippen LogP) is 0.0700. The fraction of sp³-hybridized carbons (Fsp3) is 0.500. The molecule has 0 radical (unpaired) electrons. The standard InChI is InChI=1S/C14H22N2O3/c1-19-10-12(7-8-17)16-14(18)13(15)9-11-5-3-2-4-6-11/h2-6,12-13,17H,7-10,15H2,1H3,(H,16,18)/t12?,13-/m0/s1. The Morgan fingerprint density at radius 1 is 1.42 bits per heavy atom. The maximum absolute atomic E-state index is 11.9. The molecule has 106 valence electrons. The van der Waals surface area contributed by atoms with Gasteiger partial charge in [-0.25, -0.2) is 0 Å². The van der Waals surface area contributed by atoms with Crippen LogP contribution in [0.4, 0.5) is 0 Å². The Kier molecular flexibility index (Phi) is 7.10. The summed E-state index contributed by atoms with van der Waals surface area (Å²) in [5, 5.41) is 11.7. The molecule has 0 bridgehead atoms. The first-order chi connectivity index (χ1) is 9.17. The van der Waals surface area contributed by atoms with Crippen molar-refractivity contribution in [3.05, 3.63) is 35.9 Å². The topological polar surface area (TPSA) is 84.6 Å². The second kappa shape index (κ2) is 8.63. The lowest BCUT2D eigenvalue weighted by atomic mass is 10.1. The summed E-state index contributed by atoms with van der Waals surface area (Å²) in [7, 11) is 1.56. The molecular weight excluding hydrogens is 244 g/mol. The lowest BCUT2D eigenvalue weighted by Gasteiger charge is -2.19. The molecule has 5 heteroatoms. The highest BCUT2D eigenvalue weighted by Crippen LogP contribution is 2.02. The third-order valence-electron chi connectivity index (χ3n) is 2.83. The lowest BCUT2D eigenvalue weighted by molar-refractivity contribution is -0.123. The Bertz CT molecular complexity index is 364. The largest absolute Gasteiger partial charge is 0.396 e. The van der Waals surface area contributed by atoms with Crippen LogP contribution in [0.25, 0.3) is 0 Å². The summed E-state index contributed by atoms with van der Waals surface area (Å²) in [6, 6.07) is 8.83. The van der Waals surface area contributed by atoms with Gasteiger partial charge in [-0.3, -0.25) is 4.79 Å². The van der Waals surface area contributed by atoms with Crippen molar-refractivity contribution >= 4 is 5.91 Å². The van der Waals surface area contributed by atoms with Gasteiger partial charge < -0.3 is 20.9 Å². The molecule has 1 amide bonds. The summed E-state index contributed by atoms with van der Waals surface area (Å²) >= 11 is 0. The smallest absolute Gasteiger partial charge is 0.237 e. The van der Waals surface area contributed by atoms with E-state index in [1.165, 1.54) is 0 Å². The normalized spacial score (nSPS) is 13.8. The number of hydrogen-bond acceptors (Lipinski definition) is 4. The van der Waals surface area contributed by atoms with Gasteiger partial charge >= 0.3 is 0 Å². The lowest BCUT2D eigenvalue weighted by Crippen LogP contribution is -2.48. The van der Waals surface area contributed by atoms with E-state index in [1.54, 1.807) is 7.11 Å². The zero-order chi connectivity index (χ0) is 14.1. The van der Waals surface area contributed by atoms with E-state index in [1.807, 2.05) is 30.3 Å². The van der Waals surface area contributed by atoms with Crippen molar-refractivity contribution in [1.82, 2.24) is 5.32 Å². The molecule has 1 rings (SSSR count). The second-order valence-corrected chi connectivity index (χ2v) is 4.47. The monoisotopic (exact) mass is 266 g/mol. The van der Waals surface area contributed by atoms with Crippen LogP contribution in [0.1, 0.15) is 12.0 Å². The van der Waals surface area contributed by atoms with Crippen LogP contribution in [0, 0.1) is 0 Å². The Balaban J connectivity index is 2.47. The van der Waals surface area contributed by atoms with Crippen LogP contribution in [-0.2, 0) is 16.0 Å². The van der Waals surface area contributed by atoms with Gasteiger partial charge in [0, 0.05) is 13.7 Å². The molecule has 2 atom stereocenters. The van der Waals surface area contributed by atoms with Crippen molar-refractivity contribution in [3.8, 4) is 0 Å². The summed E-state index contributed by atoms with van der Waals surface area (Å²) in [5.41, 5.74) is 6.90. The molecule has 19 heavy (non-hydrogen) atoms. The molecule has 1 unspecified atom stereocenters. The average molecular weight is 266 g/mol. The van der Waals surface area contributed by atoms with Crippen molar-refractivity contribution in [2.45, 2.75) is 24.9 Å². The van der Waals surface area contributed by atoms with Crippen molar-refractivity contribution in [2.75, 3.05) is 20.3 Å². The van der Waals surface area contributed by atoms with Gasteiger partial charge in [-0.2, -0.15) is 0 Å². The highest BCUT2D eigenvalue weighted by molar-refractivity contribution is 5.82. The molecule has 1 aromatic rings. The molecule has 0 aromatic heterocycles. The zero-order valence-corrected chi connectivity index (χ0v) is 11.2. The van der Waals surface area contributed by atoms with Gasteiger partial charge in [0.2, 0.25) is 5.91 Å². The first kappa shape index (κ1) is 15.6. The highest BCUT2D eigenvalue weighted by atomic mass is 16.5. The number of methoxy groups -OCH3 is 1. The van der Waals surface area contributed by atoms with Crippen LogP contribution in [0.5, 0.6) is 0 Å². The first-order valence-corrected chi connectivity index (χ1v) is 6.37. The van der Waals surface area contributed by atoms with E-state index >= 15 is 0 Å². The summed E-state index contributed by atoms with van der Waals surface area (Å²) in [4.78, 5) is 11.9. The minimum absolute atomic E-state index is 0.00221. The summed E-state index contributed by atoms with van der Waals surface area (Å²) in [6.45, 7) is 0.368. The quantitative estimate of drug-likeness (QED) is 0.621. The van der Waals surface area contributed by atoms with Crippen molar-refractivity contribution in [2.24, 2.45) is 5.73 Å². The zero-order valence-electron chi connectivity index (χ0n) is 11.2. The highest BCUT2D eigenvalue weighted by Gasteiger charge is 2.18. The fourth-order valence-corrected chi connectivity index (χ4v) is 1.82. The number of ether oxygens (including phenoxy) is 1.